The SMILES string of the molecule is COc1ccccc1NS(=O)(=O)c1cc(C(=O)NNC(=O)CCc2ccco2)ccc1Cl. The molecule has 0 radical (unpaired) electrons. The van der Waals surface area contributed by atoms with Crippen LogP contribution in [0.4, 0.5) is 5.69 Å². The molecule has 1 heterocycles. The summed E-state index contributed by atoms with van der Waals surface area (Å²) in [6.07, 6.45) is 1.97. The third-order valence-electron chi connectivity index (χ3n) is 4.33. The Labute approximate surface area is 189 Å². The Balaban J connectivity index is 1.68. The maximum Gasteiger partial charge on any atom is 0.269 e. The number of aryl methyl sites for hydroxylation is 1. The van der Waals surface area contributed by atoms with Crippen LogP contribution in [-0.4, -0.2) is 27.3 Å². The molecule has 0 bridgehead atoms. The van der Waals surface area contributed by atoms with Crippen LogP contribution in [0.25, 0.3) is 0 Å². The second kappa shape index (κ2) is 10.2. The first-order valence-corrected chi connectivity index (χ1v) is 11.2. The number of carbonyl (C=O) groups excluding carboxylic acids is 2. The quantitative estimate of drug-likeness (QED) is 0.428. The lowest BCUT2D eigenvalue weighted by Crippen LogP contribution is -2.41. The lowest BCUT2D eigenvalue weighted by atomic mass is 10.2. The molecule has 1 aromatic heterocycles. The first kappa shape index (κ1) is 23.2. The van der Waals surface area contributed by atoms with Crippen LogP contribution in [0.1, 0.15) is 22.5 Å². The van der Waals surface area contributed by atoms with Crippen LogP contribution in [0.15, 0.2) is 70.2 Å². The number of nitrogens with one attached hydrogen (secondary N) is 3. The number of rotatable bonds is 8. The maximum absolute atomic E-state index is 12.9. The lowest BCUT2D eigenvalue weighted by molar-refractivity contribution is -0.121. The fourth-order valence-corrected chi connectivity index (χ4v) is 4.33. The fourth-order valence-electron chi connectivity index (χ4n) is 2.73. The number of furan rings is 1. The summed E-state index contributed by atoms with van der Waals surface area (Å²) in [5.41, 5.74) is 4.72. The third-order valence-corrected chi connectivity index (χ3v) is 6.18. The highest BCUT2D eigenvalue weighted by atomic mass is 35.5. The number of anilines is 1. The van der Waals surface area contributed by atoms with Crippen LogP contribution in [0, 0.1) is 0 Å². The van der Waals surface area contributed by atoms with Crippen molar-refractivity contribution in [2.24, 2.45) is 0 Å². The van der Waals surface area contributed by atoms with Gasteiger partial charge in [0.15, 0.2) is 0 Å². The van der Waals surface area contributed by atoms with Crippen molar-refractivity contribution < 1.29 is 27.2 Å². The predicted octanol–water partition coefficient (Wildman–Crippen LogP) is 3.14. The van der Waals surface area contributed by atoms with E-state index in [1.54, 1.807) is 30.3 Å². The van der Waals surface area contributed by atoms with Gasteiger partial charge < -0.3 is 9.15 Å². The van der Waals surface area contributed by atoms with Crippen molar-refractivity contribution in [3.05, 3.63) is 77.2 Å². The van der Waals surface area contributed by atoms with E-state index in [4.69, 9.17) is 20.8 Å². The Bertz CT molecular complexity index is 1210. The molecule has 3 N–H and O–H groups in total. The minimum absolute atomic E-state index is 0.0128. The monoisotopic (exact) mass is 477 g/mol. The van der Waals surface area contributed by atoms with Gasteiger partial charge in [-0.2, -0.15) is 0 Å². The molecule has 0 unspecified atom stereocenters. The molecule has 0 aliphatic carbocycles. The average molecular weight is 478 g/mol. The number of hydrogen-bond acceptors (Lipinski definition) is 6. The summed E-state index contributed by atoms with van der Waals surface area (Å²) in [5.74, 6) is -0.184. The van der Waals surface area contributed by atoms with Gasteiger partial charge in [-0.1, -0.05) is 23.7 Å². The summed E-state index contributed by atoms with van der Waals surface area (Å²) in [7, 11) is -2.73. The number of methoxy groups -OCH3 is 1. The number of para-hydroxylation sites is 2. The van der Waals surface area contributed by atoms with E-state index in [9.17, 15) is 18.0 Å². The van der Waals surface area contributed by atoms with Gasteiger partial charge in [0.1, 0.15) is 16.4 Å². The molecular formula is C21H20ClN3O6S. The smallest absolute Gasteiger partial charge is 0.269 e. The number of hydrazine groups is 1. The molecule has 11 heteroatoms. The maximum atomic E-state index is 12.9. The van der Waals surface area contributed by atoms with Gasteiger partial charge in [-0.3, -0.25) is 25.2 Å². The number of ether oxygens (including phenoxy) is 1. The summed E-state index contributed by atoms with van der Waals surface area (Å²) >= 11 is 6.08. The van der Waals surface area contributed by atoms with E-state index < -0.39 is 21.8 Å². The number of hydrogen-bond donors (Lipinski definition) is 3. The van der Waals surface area contributed by atoms with Crippen LogP contribution >= 0.6 is 11.6 Å². The zero-order valence-electron chi connectivity index (χ0n) is 16.9. The molecule has 0 aliphatic rings. The van der Waals surface area contributed by atoms with Crippen molar-refractivity contribution in [1.29, 1.82) is 0 Å². The Kier molecular flexibility index (Phi) is 7.39. The van der Waals surface area contributed by atoms with Crippen molar-refractivity contribution >= 4 is 39.1 Å². The number of halogens is 1. The second-order valence-electron chi connectivity index (χ2n) is 6.53. The van der Waals surface area contributed by atoms with Crippen molar-refractivity contribution in [3.63, 3.8) is 0 Å². The van der Waals surface area contributed by atoms with Gasteiger partial charge in [0.25, 0.3) is 15.9 Å². The normalized spacial score (nSPS) is 10.9. The minimum atomic E-state index is -4.14. The molecule has 0 saturated carbocycles. The summed E-state index contributed by atoms with van der Waals surface area (Å²) in [5, 5.41) is -0.0774. The summed E-state index contributed by atoms with van der Waals surface area (Å²) < 4.78 is 38.4. The Morgan fingerprint density at radius 2 is 1.84 bits per heavy atom. The highest BCUT2D eigenvalue weighted by Crippen LogP contribution is 2.29. The topological polar surface area (TPSA) is 127 Å². The highest BCUT2D eigenvalue weighted by molar-refractivity contribution is 7.92. The molecule has 32 heavy (non-hydrogen) atoms. The van der Waals surface area contributed by atoms with Crippen LogP contribution in [0.5, 0.6) is 5.75 Å². The molecule has 0 atom stereocenters. The molecule has 168 valence electrons. The molecular weight excluding hydrogens is 458 g/mol. The number of amides is 2. The predicted molar refractivity (Wildman–Crippen MR) is 118 cm³/mol. The summed E-state index contributed by atoms with van der Waals surface area (Å²) in [6.45, 7) is 0. The fraction of sp³-hybridized carbons (Fsp3) is 0.143. The van der Waals surface area contributed by atoms with Crippen LogP contribution in [0.2, 0.25) is 5.02 Å². The number of benzene rings is 2. The van der Waals surface area contributed by atoms with Crippen LogP contribution in [0.3, 0.4) is 0 Å². The van der Waals surface area contributed by atoms with E-state index in [1.165, 1.54) is 31.6 Å². The first-order valence-electron chi connectivity index (χ1n) is 9.37. The van der Waals surface area contributed by atoms with Gasteiger partial charge in [-0.25, -0.2) is 8.42 Å². The first-order chi connectivity index (χ1) is 15.3. The molecule has 9 nitrogen and oxygen atoms in total. The summed E-state index contributed by atoms with van der Waals surface area (Å²) in [4.78, 5) is 24.0. The van der Waals surface area contributed by atoms with Crippen molar-refractivity contribution in [2.45, 2.75) is 17.7 Å². The third kappa shape index (κ3) is 5.80. The molecule has 0 fully saturated rings. The second-order valence-corrected chi connectivity index (χ2v) is 8.59. The average Bonchev–Trinajstić information content (AvgIpc) is 3.30. The highest BCUT2D eigenvalue weighted by Gasteiger charge is 2.22. The molecule has 2 aromatic carbocycles. The Hall–Kier alpha value is -3.50. The van der Waals surface area contributed by atoms with Gasteiger partial charge in [0.2, 0.25) is 5.91 Å². The Morgan fingerprint density at radius 1 is 1.06 bits per heavy atom. The number of sulfonamides is 1. The van der Waals surface area contributed by atoms with Crippen LogP contribution in [-0.2, 0) is 21.2 Å². The van der Waals surface area contributed by atoms with Gasteiger partial charge in [-0.15, -0.1) is 0 Å². The van der Waals surface area contributed by atoms with Gasteiger partial charge in [0.05, 0.1) is 24.1 Å². The van der Waals surface area contributed by atoms with Crippen molar-refractivity contribution in [3.8, 4) is 5.75 Å². The zero-order chi connectivity index (χ0) is 23.1. The molecule has 2 amide bonds. The molecule has 0 aliphatic heterocycles. The van der Waals surface area contributed by atoms with E-state index in [0.29, 0.717) is 17.9 Å². The van der Waals surface area contributed by atoms with Gasteiger partial charge in [0, 0.05) is 18.4 Å². The van der Waals surface area contributed by atoms with Crippen molar-refractivity contribution in [1.82, 2.24) is 10.9 Å². The lowest BCUT2D eigenvalue weighted by Gasteiger charge is -2.13. The van der Waals surface area contributed by atoms with E-state index in [1.807, 2.05) is 0 Å². The van der Waals surface area contributed by atoms with E-state index in [2.05, 4.69) is 15.6 Å². The van der Waals surface area contributed by atoms with Gasteiger partial charge in [-0.05, 0) is 42.5 Å². The van der Waals surface area contributed by atoms with Crippen LogP contribution < -0.4 is 20.3 Å². The van der Waals surface area contributed by atoms with E-state index in [-0.39, 0.29) is 27.6 Å². The standard InChI is InChI=1S/C21H20ClN3O6S/c1-30-18-7-3-2-6-17(18)25-32(28,29)19-13-14(8-10-16(19)22)21(27)24-23-20(26)11-9-15-5-4-12-31-15/h2-8,10,12-13,25H,9,11H2,1H3,(H,23,26)(H,24,27). The van der Waals surface area contributed by atoms with E-state index >= 15 is 0 Å². The largest absolute Gasteiger partial charge is 0.495 e. The molecule has 0 spiro atoms. The minimum Gasteiger partial charge on any atom is -0.495 e. The summed E-state index contributed by atoms with van der Waals surface area (Å²) in [6, 6.07) is 13.6. The number of carbonyl (C=O) groups is 2. The zero-order valence-corrected chi connectivity index (χ0v) is 18.5. The molecule has 3 aromatic rings. The Morgan fingerprint density at radius 3 is 2.56 bits per heavy atom. The molecule has 0 saturated heterocycles. The molecule has 3 rings (SSSR count). The van der Waals surface area contributed by atoms with E-state index in [0.717, 1.165) is 6.07 Å². The van der Waals surface area contributed by atoms with Gasteiger partial charge >= 0.3 is 0 Å². The van der Waals surface area contributed by atoms with Crippen molar-refractivity contribution in [2.75, 3.05) is 11.8 Å².